The summed E-state index contributed by atoms with van der Waals surface area (Å²) in [7, 11) is 0. The lowest BCUT2D eigenvalue weighted by atomic mass is 9.97. The number of fused-ring (bicyclic) bond motifs is 1. The first-order valence-electron chi connectivity index (χ1n) is 4.27. The van der Waals surface area contributed by atoms with Crippen molar-refractivity contribution >= 4 is 45.4 Å². The highest BCUT2D eigenvalue weighted by atomic mass is 79.9. The van der Waals surface area contributed by atoms with Gasteiger partial charge in [0.05, 0.1) is 12.1 Å². The van der Waals surface area contributed by atoms with E-state index < -0.39 is 10.8 Å². The van der Waals surface area contributed by atoms with E-state index in [9.17, 15) is 4.79 Å². The Morgan fingerprint density at radius 2 is 2.33 bits per heavy atom. The van der Waals surface area contributed by atoms with E-state index in [0.29, 0.717) is 0 Å². The summed E-state index contributed by atoms with van der Waals surface area (Å²) in [6, 6.07) is 5.46. The number of hydrogen-bond donors (Lipinski definition) is 1. The lowest BCUT2D eigenvalue weighted by molar-refractivity contribution is -0.137. The van der Waals surface area contributed by atoms with Crippen LogP contribution in [0.25, 0.3) is 0 Å². The van der Waals surface area contributed by atoms with E-state index in [-0.39, 0.29) is 6.42 Å². The molecule has 0 amide bonds. The number of nitrogens with zero attached hydrogens (tertiary/aromatic N) is 1. The molecule has 78 valence electrons. The van der Waals surface area contributed by atoms with Gasteiger partial charge in [0, 0.05) is 16.3 Å². The maximum atomic E-state index is 10.7. The molecular formula is C10H7BrClNO2. The Bertz CT molecular complexity index is 461. The van der Waals surface area contributed by atoms with Gasteiger partial charge in [-0.15, -0.1) is 11.6 Å². The number of carboxylic acid groups (broad SMARTS) is 1. The van der Waals surface area contributed by atoms with Crippen LogP contribution in [0, 0.1) is 0 Å². The summed E-state index contributed by atoms with van der Waals surface area (Å²) in [6.07, 6.45) is 1.32. The number of carboxylic acids is 1. The highest BCUT2D eigenvalue weighted by Gasteiger charge is 2.36. The zero-order valence-electron chi connectivity index (χ0n) is 7.58. The lowest BCUT2D eigenvalue weighted by Gasteiger charge is -2.17. The molecule has 1 aromatic rings. The molecule has 0 fully saturated rings. The van der Waals surface area contributed by atoms with Gasteiger partial charge in [-0.2, -0.15) is 0 Å². The van der Waals surface area contributed by atoms with E-state index in [2.05, 4.69) is 20.9 Å². The van der Waals surface area contributed by atoms with Gasteiger partial charge in [-0.3, -0.25) is 9.79 Å². The predicted molar refractivity (Wildman–Crippen MR) is 62.1 cm³/mol. The fourth-order valence-electron chi connectivity index (χ4n) is 1.56. The Balaban J connectivity index is 2.46. The molecule has 15 heavy (non-hydrogen) atoms. The van der Waals surface area contributed by atoms with E-state index in [1.54, 1.807) is 6.07 Å². The van der Waals surface area contributed by atoms with Gasteiger partial charge in [0.25, 0.3) is 0 Å². The zero-order chi connectivity index (χ0) is 11.1. The molecule has 0 saturated carbocycles. The number of alkyl halides is 1. The van der Waals surface area contributed by atoms with Crippen molar-refractivity contribution in [1.29, 1.82) is 0 Å². The van der Waals surface area contributed by atoms with Crippen LogP contribution in [0.2, 0.25) is 0 Å². The summed E-state index contributed by atoms with van der Waals surface area (Å²) < 4.78 is 0.863. The summed E-state index contributed by atoms with van der Waals surface area (Å²) >= 11 is 9.54. The van der Waals surface area contributed by atoms with Gasteiger partial charge in [-0.1, -0.05) is 15.9 Å². The first-order chi connectivity index (χ1) is 7.01. The molecule has 0 aromatic heterocycles. The number of rotatable bonds is 2. The Morgan fingerprint density at radius 3 is 3.00 bits per heavy atom. The van der Waals surface area contributed by atoms with Crippen molar-refractivity contribution in [2.45, 2.75) is 11.3 Å². The van der Waals surface area contributed by atoms with E-state index in [0.717, 1.165) is 15.7 Å². The second-order valence-corrected chi connectivity index (χ2v) is 4.94. The largest absolute Gasteiger partial charge is 0.481 e. The minimum atomic E-state index is -1.01. The van der Waals surface area contributed by atoms with Crippen LogP contribution in [-0.2, 0) is 9.67 Å². The predicted octanol–water partition coefficient (Wildman–Crippen LogP) is 3.07. The maximum absolute atomic E-state index is 10.7. The van der Waals surface area contributed by atoms with E-state index in [1.807, 2.05) is 12.1 Å². The molecule has 0 radical (unpaired) electrons. The molecular weight excluding hydrogens is 281 g/mol. The van der Waals surface area contributed by atoms with Crippen LogP contribution in [0.15, 0.2) is 27.7 Å². The fraction of sp³-hybridized carbons (Fsp3) is 0.200. The SMILES string of the molecule is O=C(O)CC1(Cl)C=Nc2ccc(Br)cc21. The molecule has 5 heteroatoms. The molecule has 1 aromatic carbocycles. The van der Waals surface area contributed by atoms with Crippen molar-refractivity contribution in [1.82, 2.24) is 0 Å². The molecule has 3 nitrogen and oxygen atoms in total. The first kappa shape index (κ1) is 10.6. The van der Waals surface area contributed by atoms with Crippen molar-refractivity contribution < 1.29 is 9.90 Å². The van der Waals surface area contributed by atoms with Crippen LogP contribution in [0.5, 0.6) is 0 Å². The molecule has 1 heterocycles. The molecule has 0 aliphatic carbocycles. The smallest absolute Gasteiger partial charge is 0.305 e. The summed E-state index contributed by atoms with van der Waals surface area (Å²) in [4.78, 5) is 13.8. The molecule has 1 aliphatic heterocycles. The molecule has 2 rings (SSSR count). The Labute approximate surface area is 99.9 Å². The average Bonchev–Trinajstić information content (AvgIpc) is 2.43. The monoisotopic (exact) mass is 287 g/mol. The summed E-state index contributed by atoms with van der Waals surface area (Å²) in [6.45, 7) is 0. The van der Waals surface area contributed by atoms with Crippen LogP contribution >= 0.6 is 27.5 Å². The Morgan fingerprint density at radius 1 is 1.60 bits per heavy atom. The van der Waals surface area contributed by atoms with Gasteiger partial charge < -0.3 is 5.11 Å². The van der Waals surface area contributed by atoms with Crippen molar-refractivity contribution in [2.75, 3.05) is 0 Å². The Kier molecular flexibility index (Phi) is 2.56. The number of hydrogen-bond acceptors (Lipinski definition) is 2. The fourth-order valence-corrected chi connectivity index (χ4v) is 2.23. The third-order valence-electron chi connectivity index (χ3n) is 2.22. The standard InChI is InChI=1S/C10H7BrClNO2/c11-6-1-2-8-7(3-6)10(12,5-13-8)4-9(14)15/h1-3,5H,4H2,(H,14,15). The average molecular weight is 289 g/mol. The number of aliphatic carboxylic acids is 1. The van der Waals surface area contributed by atoms with Gasteiger partial charge in [0.1, 0.15) is 4.87 Å². The van der Waals surface area contributed by atoms with E-state index >= 15 is 0 Å². The van der Waals surface area contributed by atoms with Gasteiger partial charge in [0.2, 0.25) is 0 Å². The number of aliphatic imine (C=N–C) groups is 1. The molecule has 0 bridgehead atoms. The maximum Gasteiger partial charge on any atom is 0.305 e. The van der Waals surface area contributed by atoms with Crippen molar-refractivity contribution in [2.24, 2.45) is 4.99 Å². The molecule has 1 aliphatic rings. The zero-order valence-corrected chi connectivity index (χ0v) is 9.92. The highest BCUT2D eigenvalue weighted by molar-refractivity contribution is 9.10. The number of benzene rings is 1. The van der Waals surface area contributed by atoms with Gasteiger partial charge in [-0.25, -0.2) is 0 Å². The van der Waals surface area contributed by atoms with Crippen molar-refractivity contribution in [3.8, 4) is 0 Å². The minimum absolute atomic E-state index is 0.165. The third-order valence-corrected chi connectivity index (χ3v) is 3.15. The third kappa shape index (κ3) is 1.92. The van der Waals surface area contributed by atoms with Crippen molar-refractivity contribution in [3.05, 3.63) is 28.2 Å². The van der Waals surface area contributed by atoms with Crippen LogP contribution in [0.4, 0.5) is 5.69 Å². The summed E-state index contributed by atoms with van der Waals surface area (Å²) in [5.74, 6) is -0.940. The summed E-state index contributed by atoms with van der Waals surface area (Å²) in [5, 5.41) is 8.78. The van der Waals surface area contributed by atoms with Gasteiger partial charge in [0.15, 0.2) is 0 Å². The van der Waals surface area contributed by atoms with Crippen LogP contribution in [0.3, 0.4) is 0 Å². The second-order valence-electron chi connectivity index (χ2n) is 3.35. The quantitative estimate of drug-likeness (QED) is 0.850. The number of halogens is 2. The van der Waals surface area contributed by atoms with Crippen molar-refractivity contribution in [3.63, 3.8) is 0 Å². The van der Waals surface area contributed by atoms with E-state index in [1.165, 1.54) is 6.21 Å². The second kappa shape index (κ2) is 3.61. The molecule has 0 spiro atoms. The van der Waals surface area contributed by atoms with Gasteiger partial charge >= 0.3 is 5.97 Å². The summed E-state index contributed by atoms with van der Waals surface area (Å²) in [5.41, 5.74) is 1.47. The highest BCUT2D eigenvalue weighted by Crippen LogP contribution is 2.43. The van der Waals surface area contributed by atoms with Gasteiger partial charge in [-0.05, 0) is 18.2 Å². The number of carbonyl (C=O) groups is 1. The molecule has 1 unspecified atom stereocenters. The molecule has 0 saturated heterocycles. The van der Waals surface area contributed by atoms with E-state index in [4.69, 9.17) is 16.7 Å². The van der Waals surface area contributed by atoms with Crippen LogP contribution in [0.1, 0.15) is 12.0 Å². The molecule has 1 N–H and O–H groups in total. The lowest BCUT2D eigenvalue weighted by Crippen LogP contribution is -2.21. The normalized spacial score (nSPS) is 22.8. The minimum Gasteiger partial charge on any atom is -0.481 e. The molecule has 1 atom stereocenters. The van der Waals surface area contributed by atoms with Crippen LogP contribution < -0.4 is 0 Å². The Hall–Kier alpha value is -0.870. The topological polar surface area (TPSA) is 49.7 Å². The first-order valence-corrected chi connectivity index (χ1v) is 5.44. The van der Waals surface area contributed by atoms with Crippen LogP contribution in [-0.4, -0.2) is 17.3 Å².